The summed E-state index contributed by atoms with van der Waals surface area (Å²) in [5.41, 5.74) is 6.70. The third kappa shape index (κ3) is 4.42. The first-order valence-electron chi connectivity index (χ1n) is 5.78. The largest absolute Gasteiger partial charge is 0.489 e. The Morgan fingerprint density at radius 3 is 2.62 bits per heavy atom. The Labute approximate surface area is 103 Å². The highest BCUT2D eigenvalue weighted by Crippen LogP contribution is 2.26. The first-order valence-corrected chi connectivity index (χ1v) is 6.16. The smallest absolute Gasteiger partial charge is 0.138 e. The molecule has 1 rings (SSSR count). The van der Waals surface area contributed by atoms with Gasteiger partial charge in [-0.1, -0.05) is 17.7 Å². The van der Waals surface area contributed by atoms with Gasteiger partial charge in [-0.2, -0.15) is 0 Å². The molecule has 0 saturated carbocycles. The van der Waals surface area contributed by atoms with E-state index in [1.165, 1.54) is 5.56 Å². The van der Waals surface area contributed by atoms with Crippen LogP contribution in [0, 0.1) is 0 Å². The molecule has 0 amide bonds. The third-order valence-electron chi connectivity index (χ3n) is 2.28. The quantitative estimate of drug-likeness (QED) is 0.775. The molecule has 0 aliphatic rings. The van der Waals surface area contributed by atoms with Crippen LogP contribution in [0.2, 0.25) is 5.02 Å². The molecule has 1 aromatic rings. The predicted octanol–water partition coefficient (Wildman–Crippen LogP) is 3.41. The molecule has 0 bridgehead atoms. The summed E-state index contributed by atoms with van der Waals surface area (Å²) in [6, 6.07) is 6.00. The molecule has 0 aliphatic carbocycles. The van der Waals surface area contributed by atoms with Gasteiger partial charge < -0.3 is 10.5 Å². The Bertz CT molecular complexity index is 326. The van der Waals surface area contributed by atoms with Gasteiger partial charge in [0.05, 0.1) is 11.1 Å². The summed E-state index contributed by atoms with van der Waals surface area (Å²) in [6.45, 7) is 4.74. The molecule has 3 heteroatoms. The molecule has 0 heterocycles. The van der Waals surface area contributed by atoms with Crippen LogP contribution < -0.4 is 10.5 Å². The van der Waals surface area contributed by atoms with Gasteiger partial charge in [-0.25, -0.2) is 0 Å². The number of rotatable bonds is 6. The number of hydrogen-bond acceptors (Lipinski definition) is 2. The van der Waals surface area contributed by atoms with Crippen LogP contribution in [0.15, 0.2) is 18.2 Å². The highest BCUT2D eigenvalue weighted by molar-refractivity contribution is 6.32. The number of hydrogen-bond donors (Lipinski definition) is 1. The van der Waals surface area contributed by atoms with Crippen LogP contribution in [-0.2, 0) is 6.42 Å². The van der Waals surface area contributed by atoms with Crippen molar-refractivity contribution >= 4 is 11.6 Å². The number of aryl methyl sites for hydroxylation is 1. The van der Waals surface area contributed by atoms with Gasteiger partial charge in [0.2, 0.25) is 0 Å². The minimum absolute atomic E-state index is 0.153. The third-order valence-corrected chi connectivity index (χ3v) is 2.57. The van der Waals surface area contributed by atoms with Gasteiger partial charge in [-0.15, -0.1) is 0 Å². The summed E-state index contributed by atoms with van der Waals surface area (Å²) in [7, 11) is 0. The summed E-state index contributed by atoms with van der Waals surface area (Å²) in [4.78, 5) is 0. The molecule has 2 nitrogen and oxygen atoms in total. The lowest BCUT2D eigenvalue weighted by molar-refractivity contribution is 0.242. The molecule has 16 heavy (non-hydrogen) atoms. The summed E-state index contributed by atoms with van der Waals surface area (Å²) in [5.74, 6) is 0.763. The zero-order valence-corrected chi connectivity index (χ0v) is 10.8. The Hall–Kier alpha value is -0.730. The summed E-state index contributed by atoms with van der Waals surface area (Å²) < 4.78 is 5.57. The lowest BCUT2D eigenvalue weighted by Gasteiger charge is -2.12. The van der Waals surface area contributed by atoms with Crippen molar-refractivity contribution in [1.82, 2.24) is 0 Å². The number of unbranched alkanes of at least 4 members (excludes halogenated alkanes) is 1. The maximum Gasteiger partial charge on any atom is 0.138 e. The maximum atomic E-state index is 6.14. The van der Waals surface area contributed by atoms with Crippen LogP contribution in [0.1, 0.15) is 32.3 Å². The predicted molar refractivity (Wildman–Crippen MR) is 69.2 cm³/mol. The number of benzene rings is 1. The van der Waals surface area contributed by atoms with E-state index in [1.54, 1.807) is 0 Å². The van der Waals surface area contributed by atoms with Gasteiger partial charge in [0.15, 0.2) is 0 Å². The zero-order valence-electron chi connectivity index (χ0n) is 10.0. The fourth-order valence-corrected chi connectivity index (χ4v) is 1.77. The molecular formula is C13H20ClNO. The van der Waals surface area contributed by atoms with Crippen LogP contribution >= 0.6 is 11.6 Å². The average molecular weight is 242 g/mol. The molecular weight excluding hydrogens is 222 g/mol. The van der Waals surface area contributed by atoms with Crippen molar-refractivity contribution in [3.63, 3.8) is 0 Å². The highest BCUT2D eigenvalue weighted by Gasteiger charge is 2.04. The Kier molecular flexibility index (Phi) is 5.64. The van der Waals surface area contributed by atoms with Crippen molar-refractivity contribution in [2.24, 2.45) is 5.73 Å². The fraction of sp³-hybridized carbons (Fsp3) is 0.538. The molecule has 0 aliphatic heterocycles. The lowest BCUT2D eigenvalue weighted by atomic mass is 10.1. The standard InChI is InChI=1S/C13H20ClNO/c1-10(2)16-13-7-6-11(9-12(13)14)5-3-4-8-15/h6-7,9-10H,3-5,8,15H2,1-2H3. The molecule has 0 radical (unpaired) electrons. The van der Waals surface area contributed by atoms with Crippen LogP contribution in [-0.4, -0.2) is 12.6 Å². The van der Waals surface area contributed by atoms with E-state index in [0.29, 0.717) is 5.02 Å². The van der Waals surface area contributed by atoms with Gasteiger partial charge >= 0.3 is 0 Å². The summed E-state index contributed by atoms with van der Waals surface area (Å²) in [6.07, 6.45) is 3.35. The van der Waals surface area contributed by atoms with Crippen LogP contribution in [0.25, 0.3) is 0 Å². The number of nitrogens with two attached hydrogens (primary N) is 1. The molecule has 0 fully saturated rings. The highest BCUT2D eigenvalue weighted by atomic mass is 35.5. The fourth-order valence-electron chi connectivity index (χ4n) is 1.52. The van der Waals surface area contributed by atoms with Gasteiger partial charge in [0, 0.05) is 0 Å². The molecule has 0 unspecified atom stereocenters. The van der Waals surface area contributed by atoms with E-state index >= 15 is 0 Å². The first-order chi connectivity index (χ1) is 7.63. The zero-order chi connectivity index (χ0) is 12.0. The molecule has 2 N–H and O–H groups in total. The van der Waals surface area contributed by atoms with E-state index in [2.05, 4.69) is 6.07 Å². The topological polar surface area (TPSA) is 35.2 Å². The number of ether oxygens (including phenoxy) is 1. The summed E-state index contributed by atoms with van der Waals surface area (Å²) >= 11 is 6.14. The van der Waals surface area contributed by atoms with Gasteiger partial charge in [0.25, 0.3) is 0 Å². The lowest BCUT2D eigenvalue weighted by Crippen LogP contribution is -2.06. The average Bonchev–Trinajstić information content (AvgIpc) is 2.22. The van der Waals surface area contributed by atoms with Crippen molar-refractivity contribution in [3.05, 3.63) is 28.8 Å². The molecule has 0 aromatic heterocycles. The van der Waals surface area contributed by atoms with Gasteiger partial charge in [-0.3, -0.25) is 0 Å². The van der Waals surface area contributed by atoms with Crippen LogP contribution in [0.3, 0.4) is 0 Å². The Morgan fingerprint density at radius 1 is 1.31 bits per heavy atom. The number of halogens is 1. The normalized spacial score (nSPS) is 10.8. The second-order valence-corrected chi connectivity index (χ2v) is 4.58. The van der Waals surface area contributed by atoms with E-state index in [-0.39, 0.29) is 6.10 Å². The Morgan fingerprint density at radius 2 is 2.06 bits per heavy atom. The monoisotopic (exact) mass is 241 g/mol. The maximum absolute atomic E-state index is 6.14. The molecule has 0 atom stereocenters. The van der Waals surface area contributed by atoms with Crippen LogP contribution in [0.4, 0.5) is 0 Å². The van der Waals surface area contributed by atoms with Crippen molar-refractivity contribution in [3.8, 4) is 5.75 Å². The SMILES string of the molecule is CC(C)Oc1ccc(CCCCN)cc1Cl. The molecule has 0 saturated heterocycles. The minimum Gasteiger partial charge on any atom is -0.489 e. The van der Waals surface area contributed by atoms with Gasteiger partial charge in [-0.05, 0) is 57.4 Å². The van der Waals surface area contributed by atoms with Crippen molar-refractivity contribution in [1.29, 1.82) is 0 Å². The van der Waals surface area contributed by atoms with E-state index in [1.807, 2.05) is 26.0 Å². The summed E-state index contributed by atoms with van der Waals surface area (Å²) in [5, 5.41) is 0.693. The van der Waals surface area contributed by atoms with Gasteiger partial charge in [0.1, 0.15) is 5.75 Å². The van der Waals surface area contributed by atoms with Crippen LogP contribution in [0.5, 0.6) is 5.75 Å². The Balaban J connectivity index is 2.60. The second kappa shape index (κ2) is 6.77. The van der Waals surface area contributed by atoms with E-state index in [4.69, 9.17) is 22.1 Å². The molecule has 1 aromatic carbocycles. The van der Waals surface area contributed by atoms with E-state index < -0.39 is 0 Å². The van der Waals surface area contributed by atoms with E-state index in [9.17, 15) is 0 Å². The second-order valence-electron chi connectivity index (χ2n) is 4.18. The molecule has 90 valence electrons. The van der Waals surface area contributed by atoms with Crippen molar-refractivity contribution in [2.75, 3.05) is 6.54 Å². The van der Waals surface area contributed by atoms with Crippen molar-refractivity contribution in [2.45, 2.75) is 39.2 Å². The van der Waals surface area contributed by atoms with Crippen molar-refractivity contribution < 1.29 is 4.74 Å². The minimum atomic E-state index is 0.153. The first kappa shape index (κ1) is 13.3. The van der Waals surface area contributed by atoms with E-state index in [0.717, 1.165) is 31.6 Å². The molecule has 0 spiro atoms.